The number of nitrogens with one attached hydrogen (secondary N) is 1. The van der Waals surface area contributed by atoms with Crippen LogP contribution in [-0.2, 0) is 4.74 Å². The highest BCUT2D eigenvalue weighted by Crippen LogP contribution is 2.32. The van der Waals surface area contributed by atoms with Crippen molar-refractivity contribution in [1.82, 2.24) is 5.32 Å². The van der Waals surface area contributed by atoms with Crippen LogP contribution in [0.25, 0.3) is 11.1 Å². The first-order chi connectivity index (χ1) is 6.40. The molecule has 1 unspecified atom stereocenters. The van der Waals surface area contributed by atoms with Crippen molar-refractivity contribution < 1.29 is 9.84 Å². The molecule has 3 nitrogen and oxygen atoms in total. The van der Waals surface area contributed by atoms with Crippen LogP contribution in [0.4, 0.5) is 0 Å². The predicted octanol–water partition coefficient (Wildman–Crippen LogP) is 0.592. The molecule has 0 aromatic carbocycles. The zero-order valence-corrected chi connectivity index (χ0v) is 7.36. The molecule has 1 saturated heterocycles. The van der Waals surface area contributed by atoms with E-state index in [4.69, 9.17) is 9.84 Å². The summed E-state index contributed by atoms with van der Waals surface area (Å²) in [6.07, 6.45) is 0.0417. The molecule has 0 aromatic heterocycles. The van der Waals surface area contributed by atoms with Crippen LogP contribution in [-0.4, -0.2) is 31.1 Å². The van der Waals surface area contributed by atoms with Gasteiger partial charge in [-0.1, -0.05) is 18.2 Å². The molecular weight excluding hydrogens is 166 g/mol. The Bertz CT molecular complexity index is 265. The van der Waals surface area contributed by atoms with E-state index in [1.54, 1.807) is 0 Å². The standard InChI is InChI=1S/C6H4.C4H9NO2/c1-2-5-4-6(5)3-1;6-2-4-1-5-3-7-4/h1-4H;4-6H,1-3H2. The van der Waals surface area contributed by atoms with Gasteiger partial charge in [-0.3, -0.25) is 5.32 Å². The smallest absolute Gasteiger partial charge is 0.0971 e. The Labute approximate surface area is 77.3 Å². The summed E-state index contributed by atoms with van der Waals surface area (Å²) in [7, 11) is 0. The third-order valence-corrected chi connectivity index (χ3v) is 2.11. The fraction of sp³-hybridized carbons (Fsp3) is 0.400. The molecule has 1 atom stereocenters. The molecule has 3 heteroatoms. The molecule has 0 radical (unpaired) electrons. The Balaban J connectivity index is 0.000000101. The molecule has 3 aliphatic rings. The molecule has 0 saturated carbocycles. The van der Waals surface area contributed by atoms with E-state index >= 15 is 0 Å². The quantitative estimate of drug-likeness (QED) is 0.673. The fourth-order valence-corrected chi connectivity index (χ4v) is 1.25. The van der Waals surface area contributed by atoms with Crippen LogP contribution in [0.5, 0.6) is 0 Å². The average Bonchev–Trinajstić information content (AvgIpc) is 2.65. The SMILES string of the molecule is OCC1CNCO1.c1cc2cc-2c1. The zero-order valence-electron chi connectivity index (χ0n) is 7.36. The molecule has 0 aromatic rings. The lowest BCUT2D eigenvalue weighted by molar-refractivity contribution is 0.0630. The molecule has 0 bridgehead atoms. The van der Waals surface area contributed by atoms with Gasteiger partial charge in [-0.2, -0.15) is 0 Å². The Kier molecular flexibility index (Phi) is 2.59. The number of benzene rings is 1. The highest BCUT2D eigenvalue weighted by molar-refractivity contribution is 5.80. The number of rotatable bonds is 1. The van der Waals surface area contributed by atoms with Crippen molar-refractivity contribution in [1.29, 1.82) is 0 Å². The van der Waals surface area contributed by atoms with Crippen LogP contribution in [0, 0.1) is 0 Å². The maximum absolute atomic E-state index is 8.40. The van der Waals surface area contributed by atoms with E-state index < -0.39 is 0 Å². The van der Waals surface area contributed by atoms with Crippen LogP contribution >= 0.6 is 0 Å². The summed E-state index contributed by atoms with van der Waals surface area (Å²) in [6, 6.07) is 8.48. The normalized spacial score (nSPS) is 22.1. The largest absolute Gasteiger partial charge is 0.394 e. The maximum Gasteiger partial charge on any atom is 0.0971 e. The van der Waals surface area contributed by atoms with Gasteiger partial charge in [0.05, 0.1) is 19.4 Å². The van der Waals surface area contributed by atoms with Crippen molar-refractivity contribution in [2.45, 2.75) is 6.10 Å². The molecule has 2 aliphatic carbocycles. The fourth-order valence-electron chi connectivity index (χ4n) is 1.25. The van der Waals surface area contributed by atoms with Crippen LogP contribution in [0.1, 0.15) is 0 Å². The van der Waals surface area contributed by atoms with E-state index in [0.717, 1.165) is 6.54 Å². The summed E-state index contributed by atoms with van der Waals surface area (Å²) < 4.78 is 4.94. The number of hydrogen-bond donors (Lipinski definition) is 2. The third-order valence-electron chi connectivity index (χ3n) is 2.11. The second-order valence-electron chi connectivity index (χ2n) is 3.15. The lowest BCUT2D eigenvalue weighted by Gasteiger charge is -1.99. The topological polar surface area (TPSA) is 41.5 Å². The van der Waals surface area contributed by atoms with Gasteiger partial charge in [0, 0.05) is 6.54 Å². The summed E-state index contributed by atoms with van der Waals surface area (Å²) in [6.45, 7) is 1.51. The Morgan fingerprint density at radius 1 is 1.46 bits per heavy atom. The molecule has 70 valence electrons. The van der Waals surface area contributed by atoms with Gasteiger partial charge in [-0.25, -0.2) is 0 Å². The number of hydrogen-bond acceptors (Lipinski definition) is 3. The van der Waals surface area contributed by atoms with Gasteiger partial charge < -0.3 is 9.84 Å². The molecule has 1 heterocycles. The second-order valence-corrected chi connectivity index (χ2v) is 3.15. The number of ether oxygens (including phenoxy) is 1. The number of aliphatic hydroxyl groups excluding tert-OH is 1. The molecule has 0 spiro atoms. The summed E-state index contributed by atoms with van der Waals surface area (Å²) in [5.41, 5.74) is 2.85. The van der Waals surface area contributed by atoms with E-state index in [1.165, 1.54) is 11.1 Å². The van der Waals surface area contributed by atoms with E-state index in [0.29, 0.717) is 6.73 Å². The molecular formula is C10H13NO2. The van der Waals surface area contributed by atoms with Gasteiger partial charge in [0.15, 0.2) is 0 Å². The van der Waals surface area contributed by atoms with Crippen LogP contribution in [0.3, 0.4) is 0 Å². The Hall–Kier alpha value is -0.900. The van der Waals surface area contributed by atoms with Gasteiger partial charge >= 0.3 is 0 Å². The predicted molar refractivity (Wildman–Crippen MR) is 50.3 cm³/mol. The number of fused-ring (bicyclic) bond motifs is 1. The van der Waals surface area contributed by atoms with Crippen LogP contribution < -0.4 is 5.32 Å². The minimum Gasteiger partial charge on any atom is -0.394 e. The summed E-state index contributed by atoms with van der Waals surface area (Å²) in [4.78, 5) is 0. The highest BCUT2D eigenvalue weighted by atomic mass is 16.5. The Morgan fingerprint density at radius 2 is 2.23 bits per heavy atom. The molecule has 1 aliphatic heterocycles. The van der Waals surface area contributed by atoms with Gasteiger partial charge in [0.25, 0.3) is 0 Å². The lowest BCUT2D eigenvalue weighted by Crippen LogP contribution is -2.17. The van der Waals surface area contributed by atoms with Crippen molar-refractivity contribution in [2.24, 2.45) is 0 Å². The van der Waals surface area contributed by atoms with Crippen LogP contribution in [0.15, 0.2) is 24.3 Å². The Morgan fingerprint density at radius 3 is 2.46 bits per heavy atom. The lowest BCUT2D eigenvalue weighted by atomic mass is 10.4. The number of aliphatic hydroxyl groups is 1. The van der Waals surface area contributed by atoms with Gasteiger partial charge in [-0.15, -0.1) is 0 Å². The van der Waals surface area contributed by atoms with E-state index in [1.807, 2.05) is 0 Å². The summed E-state index contributed by atoms with van der Waals surface area (Å²) >= 11 is 0. The van der Waals surface area contributed by atoms with Crippen molar-refractivity contribution in [3.8, 4) is 11.1 Å². The van der Waals surface area contributed by atoms with E-state index in [-0.39, 0.29) is 12.7 Å². The highest BCUT2D eigenvalue weighted by Gasteiger charge is 2.11. The van der Waals surface area contributed by atoms with Crippen molar-refractivity contribution in [3.63, 3.8) is 0 Å². The maximum atomic E-state index is 8.40. The second kappa shape index (κ2) is 3.87. The van der Waals surface area contributed by atoms with Crippen LogP contribution in [0.2, 0.25) is 0 Å². The minimum atomic E-state index is 0.0417. The first-order valence-electron chi connectivity index (χ1n) is 4.44. The third kappa shape index (κ3) is 2.28. The van der Waals surface area contributed by atoms with Gasteiger partial charge in [-0.05, 0) is 17.2 Å². The van der Waals surface area contributed by atoms with Gasteiger partial charge in [0.1, 0.15) is 0 Å². The van der Waals surface area contributed by atoms with Crippen molar-refractivity contribution in [3.05, 3.63) is 24.3 Å². The summed E-state index contributed by atoms with van der Waals surface area (Å²) in [5.74, 6) is 0. The van der Waals surface area contributed by atoms with E-state index in [2.05, 4.69) is 29.6 Å². The summed E-state index contributed by atoms with van der Waals surface area (Å²) in [5, 5.41) is 11.3. The van der Waals surface area contributed by atoms with Gasteiger partial charge in [0.2, 0.25) is 0 Å². The molecule has 1 fully saturated rings. The zero-order chi connectivity index (χ0) is 9.10. The minimum absolute atomic E-state index is 0.0417. The monoisotopic (exact) mass is 179 g/mol. The first-order valence-corrected chi connectivity index (χ1v) is 4.44. The van der Waals surface area contributed by atoms with Crippen molar-refractivity contribution >= 4 is 0 Å². The average molecular weight is 179 g/mol. The van der Waals surface area contributed by atoms with E-state index in [9.17, 15) is 0 Å². The molecule has 2 N–H and O–H groups in total. The van der Waals surface area contributed by atoms with Crippen molar-refractivity contribution in [2.75, 3.05) is 19.9 Å². The first kappa shape index (κ1) is 8.69. The molecule has 0 amide bonds. The molecule has 13 heavy (non-hydrogen) atoms. The molecule has 3 rings (SSSR count).